The van der Waals surface area contributed by atoms with Gasteiger partial charge in [0.2, 0.25) is 10.0 Å². The minimum absolute atomic E-state index is 0.0152. The molecular weight excluding hydrogens is 342 g/mol. The molecule has 1 saturated carbocycles. The second-order valence-corrected chi connectivity index (χ2v) is 9.38. The summed E-state index contributed by atoms with van der Waals surface area (Å²) in [6.45, 7) is 0.278. The van der Waals surface area contributed by atoms with Crippen molar-refractivity contribution in [1.82, 2.24) is 4.31 Å². The number of hydrogen-bond donors (Lipinski definition) is 1. The summed E-state index contributed by atoms with van der Waals surface area (Å²) in [4.78, 5) is 24.0. The fraction of sp³-hybridized carbons (Fsp3) is 0.556. The molecule has 0 amide bonds. The number of rotatable bonds is 3. The molecule has 0 unspecified atom stereocenters. The molecule has 4 rings (SSSR count). The summed E-state index contributed by atoms with van der Waals surface area (Å²) in [5, 5.41) is 9.65. The lowest BCUT2D eigenvalue weighted by atomic mass is 9.81. The summed E-state index contributed by atoms with van der Waals surface area (Å²) in [7, 11) is -3.79. The third-order valence-corrected chi connectivity index (χ3v) is 7.94. The molecule has 0 aromatic heterocycles. The van der Waals surface area contributed by atoms with E-state index in [-0.39, 0.29) is 29.7 Å². The summed E-state index contributed by atoms with van der Waals surface area (Å²) in [6, 6.07) is 4.76. The van der Waals surface area contributed by atoms with Gasteiger partial charge in [-0.15, -0.1) is 0 Å². The number of sulfonamides is 1. The second kappa shape index (κ2) is 5.64. The molecule has 3 aliphatic rings. The van der Waals surface area contributed by atoms with Crippen LogP contribution in [0.3, 0.4) is 0 Å². The summed E-state index contributed by atoms with van der Waals surface area (Å²) in [5.74, 6) is -1.04. The smallest absolute Gasteiger partial charge is 0.311 e. The minimum Gasteiger partial charge on any atom is -0.481 e. The third kappa shape index (κ3) is 2.44. The van der Waals surface area contributed by atoms with Gasteiger partial charge in [-0.1, -0.05) is 12.5 Å². The number of Topliss-reactive ketones (excluding diaryl/α,β-unsaturated/α-hetero) is 1. The van der Waals surface area contributed by atoms with Gasteiger partial charge >= 0.3 is 5.97 Å². The Bertz CT molecular complexity index is 862. The Labute approximate surface area is 146 Å². The molecule has 2 atom stereocenters. The van der Waals surface area contributed by atoms with Gasteiger partial charge in [0.25, 0.3) is 0 Å². The van der Waals surface area contributed by atoms with Gasteiger partial charge in [-0.3, -0.25) is 9.59 Å². The normalized spacial score (nSPS) is 29.4. The fourth-order valence-electron chi connectivity index (χ4n) is 4.69. The van der Waals surface area contributed by atoms with Gasteiger partial charge in [-0.05, 0) is 49.3 Å². The van der Waals surface area contributed by atoms with E-state index >= 15 is 0 Å². The van der Waals surface area contributed by atoms with Crippen LogP contribution in [0.1, 0.15) is 48.0 Å². The van der Waals surface area contributed by atoms with Gasteiger partial charge in [0.1, 0.15) is 0 Å². The number of aliphatic carboxylic acids is 1. The molecule has 1 N–H and O–H groups in total. The van der Waals surface area contributed by atoms with Crippen LogP contribution in [-0.2, 0) is 21.2 Å². The highest BCUT2D eigenvalue weighted by atomic mass is 32.2. The number of benzene rings is 1. The zero-order valence-electron chi connectivity index (χ0n) is 13.9. The van der Waals surface area contributed by atoms with E-state index in [0.29, 0.717) is 18.4 Å². The largest absolute Gasteiger partial charge is 0.481 e. The first-order chi connectivity index (χ1) is 11.8. The third-order valence-electron chi connectivity index (χ3n) is 6.13. The summed E-state index contributed by atoms with van der Waals surface area (Å²) < 4.78 is 27.4. The monoisotopic (exact) mass is 363 g/mol. The van der Waals surface area contributed by atoms with Gasteiger partial charge in [0.15, 0.2) is 5.78 Å². The lowest BCUT2D eigenvalue weighted by molar-refractivity contribution is -0.149. The number of carbonyl (C=O) groups is 2. The standard InChI is InChI=1S/C18H21NO5S/c20-16-5-1-3-12-6-7-14(9-15(12)16)25(23,24)19-10-13-4-2-8-18(13,11-19)17(21)22/h6-7,9,13H,1-5,8,10-11H2,(H,21,22)/t13-,18+/m0/s1. The quantitative estimate of drug-likeness (QED) is 0.888. The Kier molecular flexibility index (Phi) is 3.77. The van der Waals surface area contributed by atoms with Crippen LogP contribution >= 0.6 is 0 Å². The predicted octanol–water partition coefficient (Wildman–Crippen LogP) is 2.08. The number of carbonyl (C=O) groups excluding carboxylic acids is 1. The number of fused-ring (bicyclic) bond motifs is 2. The first-order valence-electron chi connectivity index (χ1n) is 8.74. The highest BCUT2D eigenvalue weighted by Gasteiger charge is 2.57. The van der Waals surface area contributed by atoms with E-state index in [1.54, 1.807) is 12.1 Å². The molecule has 2 fully saturated rings. The van der Waals surface area contributed by atoms with Crippen molar-refractivity contribution in [3.8, 4) is 0 Å². The van der Waals surface area contributed by atoms with E-state index in [0.717, 1.165) is 31.2 Å². The Balaban J connectivity index is 1.68. The molecule has 6 nitrogen and oxygen atoms in total. The second-order valence-electron chi connectivity index (χ2n) is 7.44. The summed E-state index contributed by atoms with van der Waals surface area (Å²) >= 11 is 0. The van der Waals surface area contributed by atoms with Crippen molar-refractivity contribution in [2.45, 2.75) is 43.4 Å². The fourth-order valence-corrected chi connectivity index (χ4v) is 6.27. The van der Waals surface area contributed by atoms with Crippen molar-refractivity contribution >= 4 is 21.8 Å². The molecule has 1 heterocycles. The number of nitrogens with zero attached hydrogens (tertiary/aromatic N) is 1. The molecule has 0 radical (unpaired) electrons. The molecule has 1 aromatic carbocycles. The van der Waals surface area contributed by atoms with Crippen LogP contribution in [0, 0.1) is 11.3 Å². The Morgan fingerprint density at radius 3 is 2.76 bits per heavy atom. The maximum Gasteiger partial charge on any atom is 0.311 e. The highest BCUT2D eigenvalue weighted by molar-refractivity contribution is 7.89. The molecule has 25 heavy (non-hydrogen) atoms. The van der Waals surface area contributed by atoms with Gasteiger partial charge in [0, 0.05) is 25.1 Å². The molecule has 1 saturated heterocycles. The zero-order chi connectivity index (χ0) is 17.8. The SMILES string of the molecule is O=C1CCCc2ccc(S(=O)(=O)N3C[C@@H]4CCC[C@@]4(C(=O)O)C3)cc21. The van der Waals surface area contributed by atoms with Crippen LogP contribution in [0.4, 0.5) is 0 Å². The molecule has 0 spiro atoms. The summed E-state index contributed by atoms with van der Waals surface area (Å²) in [5.41, 5.74) is 0.451. The van der Waals surface area contributed by atoms with Gasteiger partial charge in [0.05, 0.1) is 10.3 Å². The van der Waals surface area contributed by atoms with Crippen LogP contribution < -0.4 is 0 Å². The Hall–Kier alpha value is -1.73. The van der Waals surface area contributed by atoms with Crippen molar-refractivity contribution in [1.29, 1.82) is 0 Å². The molecular formula is C18H21NO5S. The predicted molar refractivity (Wildman–Crippen MR) is 89.9 cm³/mol. The topological polar surface area (TPSA) is 91.8 Å². The Morgan fingerprint density at radius 1 is 1.24 bits per heavy atom. The number of hydrogen-bond acceptors (Lipinski definition) is 4. The van der Waals surface area contributed by atoms with Crippen molar-refractivity contribution in [3.05, 3.63) is 29.3 Å². The van der Waals surface area contributed by atoms with E-state index in [2.05, 4.69) is 0 Å². The van der Waals surface area contributed by atoms with Crippen LogP contribution in [0.25, 0.3) is 0 Å². The maximum absolute atomic E-state index is 13.0. The highest BCUT2D eigenvalue weighted by Crippen LogP contribution is 2.50. The number of carboxylic acid groups (broad SMARTS) is 1. The van der Waals surface area contributed by atoms with E-state index in [4.69, 9.17) is 0 Å². The first kappa shape index (κ1) is 16.7. The average molecular weight is 363 g/mol. The van der Waals surface area contributed by atoms with Crippen molar-refractivity contribution < 1.29 is 23.1 Å². The van der Waals surface area contributed by atoms with Gasteiger partial charge in [-0.2, -0.15) is 4.31 Å². The lowest BCUT2D eigenvalue weighted by Gasteiger charge is -2.23. The molecule has 7 heteroatoms. The van der Waals surface area contributed by atoms with Crippen LogP contribution in [0.15, 0.2) is 23.1 Å². The van der Waals surface area contributed by atoms with Crippen LogP contribution in [0.5, 0.6) is 0 Å². The van der Waals surface area contributed by atoms with Gasteiger partial charge in [-0.25, -0.2) is 8.42 Å². The molecule has 1 aromatic rings. The number of ketones is 1. The van der Waals surface area contributed by atoms with Crippen molar-refractivity contribution in [2.24, 2.45) is 11.3 Å². The van der Waals surface area contributed by atoms with E-state index < -0.39 is 21.4 Å². The maximum atomic E-state index is 13.0. The van der Waals surface area contributed by atoms with Crippen LogP contribution in [-0.4, -0.2) is 42.7 Å². The van der Waals surface area contributed by atoms with Crippen molar-refractivity contribution in [2.75, 3.05) is 13.1 Å². The number of aryl methyl sites for hydroxylation is 1. The zero-order valence-corrected chi connectivity index (χ0v) is 14.7. The lowest BCUT2D eigenvalue weighted by Crippen LogP contribution is -2.37. The Morgan fingerprint density at radius 2 is 2.04 bits per heavy atom. The van der Waals surface area contributed by atoms with Gasteiger partial charge < -0.3 is 5.11 Å². The molecule has 134 valence electrons. The number of carboxylic acids is 1. The molecule has 1 aliphatic heterocycles. The van der Waals surface area contributed by atoms with E-state index in [1.807, 2.05) is 0 Å². The first-order valence-corrected chi connectivity index (χ1v) is 10.2. The average Bonchev–Trinajstić information content (AvgIpc) is 3.13. The molecule has 0 bridgehead atoms. The van der Waals surface area contributed by atoms with E-state index in [9.17, 15) is 23.1 Å². The minimum atomic E-state index is -3.79. The van der Waals surface area contributed by atoms with Crippen LogP contribution in [0.2, 0.25) is 0 Å². The molecule has 2 aliphatic carbocycles. The summed E-state index contributed by atoms with van der Waals surface area (Å²) in [6.07, 6.45) is 4.15. The van der Waals surface area contributed by atoms with Crippen molar-refractivity contribution in [3.63, 3.8) is 0 Å². The van der Waals surface area contributed by atoms with E-state index in [1.165, 1.54) is 10.4 Å².